The first-order chi connectivity index (χ1) is 15.1. The molecular formula is C23H31N5O3. The Kier molecular flexibility index (Phi) is 5.67. The molecule has 4 atom stereocenters. The normalized spacial score (nSPS) is 29.0. The van der Waals surface area contributed by atoms with Gasteiger partial charge in [0.1, 0.15) is 11.8 Å². The molecule has 1 saturated carbocycles. The van der Waals surface area contributed by atoms with Crippen LogP contribution in [-0.4, -0.2) is 81.5 Å². The number of nitrogens with zero attached hydrogens (tertiary/aromatic N) is 5. The zero-order valence-electron chi connectivity index (χ0n) is 18.3. The molecule has 3 fully saturated rings. The molecule has 0 N–H and O–H groups in total. The highest BCUT2D eigenvalue weighted by Crippen LogP contribution is 2.40. The van der Waals surface area contributed by atoms with Crippen LogP contribution in [0.1, 0.15) is 35.4 Å². The summed E-state index contributed by atoms with van der Waals surface area (Å²) < 4.78 is 13.7. The summed E-state index contributed by atoms with van der Waals surface area (Å²) >= 11 is 0. The molecule has 0 unspecified atom stereocenters. The Labute approximate surface area is 183 Å². The number of carbonyl (C=O) groups excluding carboxylic acids is 1. The summed E-state index contributed by atoms with van der Waals surface area (Å²) in [6.45, 7) is 6.03. The molecule has 0 spiro atoms. The van der Waals surface area contributed by atoms with Crippen LogP contribution in [0.15, 0.2) is 30.5 Å². The lowest BCUT2D eigenvalue weighted by Crippen LogP contribution is -2.63. The summed E-state index contributed by atoms with van der Waals surface area (Å²) in [6, 6.07) is 8.31. The third kappa shape index (κ3) is 4.06. The second kappa shape index (κ2) is 8.59. The molecule has 1 aliphatic carbocycles. The first kappa shape index (κ1) is 20.5. The molecule has 3 aliphatic rings. The van der Waals surface area contributed by atoms with E-state index in [4.69, 9.17) is 9.47 Å². The minimum Gasteiger partial charge on any atom is -0.472 e. The molecule has 2 bridgehead atoms. The van der Waals surface area contributed by atoms with Gasteiger partial charge in [-0.25, -0.2) is 4.98 Å². The molecule has 2 saturated heterocycles. The highest BCUT2D eigenvalue weighted by Gasteiger charge is 2.48. The summed E-state index contributed by atoms with van der Waals surface area (Å²) in [5.41, 5.74) is 1.50. The number of likely N-dealkylation sites (tertiary alicyclic amines) is 1. The SMILES string of the molecule is Cc1cc(C(=O)N2C[C@H](Oc3ccccn3)[C@H]3C[C@@H]2CC[C@H]3N2CCOCC2)n(C)n1. The average Bonchev–Trinajstić information content (AvgIpc) is 3.14. The van der Waals surface area contributed by atoms with Crippen LogP contribution in [0.3, 0.4) is 0 Å². The lowest BCUT2D eigenvalue weighted by molar-refractivity contribution is -0.0744. The van der Waals surface area contributed by atoms with Crippen molar-refractivity contribution in [2.75, 3.05) is 32.8 Å². The smallest absolute Gasteiger partial charge is 0.272 e. The van der Waals surface area contributed by atoms with Gasteiger partial charge in [-0.15, -0.1) is 0 Å². The van der Waals surface area contributed by atoms with Gasteiger partial charge in [0, 0.05) is 50.4 Å². The number of aryl methyl sites for hydroxylation is 2. The molecule has 0 radical (unpaired) electrons. The number of hydrogen-bond donors (Lipinski definition) is 0. The van der Waals surface area contributed by atoms with Crippen LogP contribution in [0.5, 0.6) is 5.88 Å². The first-order valence-electron chi connectivity index (χ1n) is 11.3. The number of aromatic nitrogens is 3. The Morgan fingerprint density at radius 1 is 1.23 bits per heavy atom. The molecule has 8 heteroatoms. The molecule has 2 aliphatic heterocycles. The van der Waals surface area contributed by atoms with Crippen LogP contribution in [-0.2, 0) is 11.8 Å². The monoisotopic (exact) mass is 425 g/mol. The quantitative estimate of drug-likeness (QED) is 0.745. The van der Waals surface area contributed by atoms with E-state index in [1.807, 2.05) is 43.1 Å². The number of hydrogen-bond acceptors (Lipinski definition) is 6. The Morgan fingerprint density at radius 3 is 2.77 bits per heavy atom. The lowest BCUT2D eigenvalue weighted by Gasteiger charge is -2.52. The fourth-order valence-corrected chi connectivity index (χ4v) is 5.59. The number of rotatable bonds is 4. The van der Waals surface area contributed by atoms with E-state index in [0.29, 0.717) is 30.1 Å². The second-order valence-corrected chi connectivity index (χ2v) is 8.92. The van der Waals surface area contributed by atoms with Crippen molar-refractivity contribution in [1.82, 2.24) is 24.6 Å². The van der Waals surface area contributed by atoms with Crippen molar-refractivity contribution in [3.63, 3.8) is 0 Å². The van der Waals surface area contributed by atoms with Gasteiger partial charge in [-0.1, -0.05) is 6.07 Å². The number of morpholine rings is 1. The van der Waals surface area contributed by atoms with Gasteiger partial charge < -0.3 is 14.4 Å². The van der Waals surface area contributed by atoms with Gasteiger partial charge in [-0.3, -0.25) is 14.4 Å². The fraction of sp³-hybridized carbons (Fsp3) is 0.609. The van der Waals surface area contributed by atoms with Crippen LogP contribution in [0, 0.1) is 12.8 Å². The fourth-order valence-electron chi connectivity index (χ4n) is 5.59. The van der Waals surface area contributed by atoms with E-state index in [1.54, 1.807) is 10.9 Å². The molecule has 166 valence electrons. The third-order valence-electron chi connectivity index (χ3n) is 7.04. The number of fused-ring (bicyclic) bond motifs is 2. The van der Waals surface area contributed by atoms with Gasteiger partial charge in [0.2, 0.25) is 5.88 Å². The zero-order valence-corrected chi connectivity index (χ0v) is 18.3. The van der Waals surface area contributed by atoms with Gasteiger partial charge in [0.05, 0.1) is 25.5 Å². The van der Waals surface area contributed by atoms with E-state index in [9.17, 15) is 4.79 Å². The zero-order chi connectivity index (χ0) is 21.4. The third-order valence-corrected chi connectivity index (χ3v) is 7.04. The second-order valence-electron chi connectivity index (χ2n) is 8.92. The van der Waals surface area contributed by atoms with Gasteiger partial charge in [-0.05, 0) is 38.3 Å². The minimum absolute atomic E-state index is 0.0472. The standard InChI is InChI=1S/C23H31N5O3/c1-16-13-20(26(2)25-16)23(29)28-15-21(31-22-5-3-4-8-24-22)18-14-17(28)6-7-19(18)27-9-11-30-12-10-27/h3-5,8,13,17-19,21H,6-7,9-12,14-15H2,1-2H3/t17-,18-,19+,21-/m0/s1. The van der Waals surface area contributed by atoms with Gasteiger partial charge in [0.25, 0.3) is 5.91 Å². The predicted octanol–water partition coefficient (Wildman–Crippen LogP) is 1.90. The number of pyridine rings is 1. The molecule has 2 aromatic heterocycles. The van der Waals surface area contributed by atoms with Gasteiger partial charge in [-0.2, -0.15) is 5.10 Å². The highest BCUT2D eigenvalue weighted by molar-refractivity contribution is 5.93. The van der Waals surface area contributed by atoms with E-state index in [2.05, 4.69) is 15.0 Å². The van der Waals surface area contributed by atoms with Crippen LogP contribution in [0.4, 0.5) is 0 Å². The van der Waals surface area contributed by atoms with E-state index in [0.717, 1.165) is 51.3 Å². The maximum atomic E-state index is 13.5. The van der Waals surface area contributed by atoms with Crippen LogP contribution >= 0.6 is 0 Å². The lowest BCUT2D eigenvalue weighted by atomic mass is 9.73. The number of amides is 1. The van der Waals surface area contributed by atoms with Crippen molar-refractivity contribution in [3.8, 4) is 5.88 Å². The summed E-state index contributed by atoms with van der Waals surface area (Å²) in [4.78, 5) is 22.5. The molecule has 1 amide bonds. The topological polar surface area (TPSA) is 72.7 Å². The van der Waals surface area contributed by atoms with Gasteiger partial charge >= 0.3 is 0 Å². The van der Waals surface area contributed by atoms with Crippen LogP contribution in [0.25, 0.3) is 0 Å². The molecule has 8 nitrogen and oxygen atoms in total. The van der Waals surface area contributed by atoms with Crippen LogP contribution in [0.2, 0.25) is 0 Å². The van der Waals surface area contributed by atoms with Crippen molar-refractivity contribution in [1.29, 1.82) is 0 Å². The summed E-state index contributed by atoms with van der Waals surface area (Å²) in [5.74, 6) is 1.04. The number of carbonyl (C=O) groups is 1. The Bertz CT molecular complexity index is 911. The highest BCUT2D eigenvalue weighted by atomic mass is 16.5. The summed E-state index contributed by atoms with van der Waals surface area (Å²) in [6.07, 6.45) is 4.73. The molecule has 31 heavy (non-hydrogen) atoms. The van der Waals surface area contributed by atoms with E-state index < -0.39 is 0 Å². The maximum absolute atomic E-state index is 13.5. The van der Waals surface area contributed by atoms with E-state index in [1.165, 1.54) is 0 Å². The molecular weight excluding hydrogens is 394 g/mol. The first-order valence-corrected chi connectivity index (χ1v) is 11.3. The van der Waals surface area contributed by atoms with Crippen molar-refractivity contribution in [2.24, 2.45) is 13.0 Å². The van der Waals surface area contributed by atoms with Crippen molar-refractivity contribution < 1.29 is 14.3 Å². The number of piperidine rings is 1. The minimum atomic E-state index is -0.0856. The van der Waals surface area contributed by atoms with Crippen molar-refractivity contribution >= 4 is 5.91 Å². The molecule has 2 aromatic rings. The van der Waals surface area contributed by atoms with Crippen LogP contribution < -0.4 is 4.74 Å². The molecule has 4 heterocycles. The van der Waals surface area contributed by atoms with E-state index in [-0.39, 0.29) is 18.1 Å². The summed E-state index contributed by atoms with van der Waals surface area (Å²) in [7, 11) is 1.84. The summed E-state index contributed by atoms with van der Waals surface area (Å²) in [5, 5.41) is 4.38. The Balaban J connectivity index is 1.41. The van der Waals surface area contributed by atoms with Crippen molar-refractivity contribution in [2.45, 2.75) is 44.4 Å². The number of ether oxygens (including phenoxy) is 2. The predicted molar refractivity (Wildman–Crippen MR) is 115 cm³/mol. The van der Waals surface area contributed by atoms with E-state index >= 15 is 0 Å². The Morgan fingerprint density at radius 2 is 2.06 bits per heavy atom. The van der Waals surface area contributed by atoms with Gasteiger partial charge in [0.15, 0.2) is 0 Å². The maximum Gasteiger partial charge on any atom is 0.272 e. The molecule has 0 aromatic carbocycles. The average molecular weight is 426 g/mol. The Hall–Kier alpha value is -2.45. The molecule has 5 rings (SSSR count). The largest absolute Gasteiger partial charge is 0.472 e. The van der Waals surface area contributed by atoms with Crippen molar-refractivity contribution in [3.05, 3.63) is 41.9 Å².